The van der Waals surface area contributed by atoms with E-state index in [0.717, 1.165) is 12.5 Å². The van der Waals surface area contributed by atoms with Crippen LogP contribution in [0.15, 0.2) is 0 Å². The molecule has 0 bridgehead atoms. The molecule has 0 aromatic heterocycles. The third-order valence-corrected chi connectivity index (χ3v) is 1.62. The third-order valence-electron chi connectivity index (χ3n) is 1.62. The first-order chi connectivity index (χ1) is 4.83. The maximum atomic E-state index is 8.51. The lowest BCUT2D eigenvalue weighted by molar-refractivity contribution is 0.0937. The van der Waals surface area contributed by atoms with Gasteiger partial charge in [-0.2, -0.15) is 0 Å². The monoisotopic (exact) mass is 145 g/mol. The van der Waals surface area contributed by atoms with E-state index in [1.54, 1.807) is 0 Å². The van der Waals surface area contributed by atoms with Crippen LogP contribution in [0.3, 0.4) is 0 Å². The standard InChI is InChI=1S/C7H15NO2/c8-7(3-9)5-10-4-6-1-2-6/h6-7,9H,1-5,8H2. The third kappa shape index (κ3) is 3.15. The maximum Gasteiger partial charge on any atom is 0.0640 e. The second-order valence-corrected chi connectivity index (χ2v) is 2.92. The minimum Gasteiger partial charge on any atom is -0.395 e. The highest BCUT2D eigenvalue weighted by Crippen LogP contribution is 2.28. The first kappa shape index (κ1) is 7.98. The highest BCUT2D eigenvalue weighted by molar-refractivity contribution is 4.72. The van der Waals surface area contributed by atoms with Crippen molar-refractivity contribution in [3.05, 3.63) is 0 Å². The van der Waals surface area contributed by atoms with Gasteiger partial charge in [-0.25, -0.2) is 0 Å². The largest absolute Gasteiger partial charge is 0.395 e. The van der Waals surface area contributed by atoms with Crippen LogP contribution in [0.4, 0.5) is 0 Å². The maximum absolute atomic E-state index is 8.51. The molecule has 60 valence electrons. The van der Waals surface area contributed by atoms with Crippen molar-refractivity contribution in [3.63, 3.8) is 0 Å². The summed E-state index contributed by atoms with van der Waals surface area (Å²) in [6.07, 6.45) is 2.60. The van der Waals surface area contributed by atoms with Gasteiger partial charge in [-0.15, -0.1) is 0 Å². The van der Waals surface area contributed by atoms with E-state index in [2.05, 4.69) is 0 Å². The van der Waals surface area contributed by atoms with E-state index < -0.39 is 0 Å². The summed E-state index contributed by atoms with van der Waals surface area (Å²) in [6, 6.07) is -0.196. The lowest BCUT2D eigenvalue weighted by Crippen LogP contribution is -2.30. The van der Waals surface area contributed by atoms with Crippen LogP contribution in [-0.4, -0.2) is 31.0 Å². The average molecular weight is 145 g/mol. The molecule has 0 radical (unpaired) electrons. The van der Waals surface area contributed by atoms with Gasteiger partial charge in [0.1, 0.15) is 0 Å². The molecule has 1 atom stereocenters. The normalized spacial score (nSPS) is 21.0. The molecule has 0 amide bonds. The Hall–Kier alpha value is -0.120. The van der Waals surface area contributed by atoms with Crippen molar-refractivity contribution in [2.75, 3.05) is 19.8 Å². The van der Waals surface area contributed by atoms with Crippen molar-refractivity contribution in [1.82, 2.24) is 0 Å². The minimum atomic E-state index is -0.196. The molecule has 0 heterocycles. The Bertz CT molecular complexity index is 93.6. The predicted octanol–water partition coefficient (Wildman–Crippen LogP) is -0.267. The minimum absolute atomic E-state index is 0.0185. The lowest BCUT2D eigenvalue weighted by Gasteiger charge is -2.07. The summed E-state index contributed by atoms with van der Waals surface area (Å²) in [6.45, 7) is 1.34. The Morgan fingerprint density at radius 1 is 1.60 bits per heavy atom. The first-order valence-corrected chi connectivity index (χ1v) is 3.77. The van der Waals surface area contributed by atoms with Gasteiger partial charge in [0.25, 0.3) is 0 Å². The van der Waals surface area contributed by atoms with Crippen molar-refractivity contribution in [2.45, 2.75) is 18.9 Å². The highest BCUT2D eigenvalue weighted by atomic mass is 16.5. The predicted molar refractivity (Wildman–Crippen MR) is 38.6 cm³/mol. The Morgan fingerprint density at radius 2 is 2.30 bits per heavy atom. The zero-order valence-corrected chi connectivity index (χ0v) is 6.12. The van der Waals surface area contributed by atoms with Gasteiger partial charge in [0.05, 0.1) is 19.3 Å². The summed E-state index contributed by atoms with van der Waals surface area (Å²) < 4.78 is 5.23. The van der Waals surface area contributed by atoms with Gasteiger partial charge in [-0.1, -0.05) is 0 Å². The molecule has 0 aromatic carbocycles. The molecule has 1 aliphatic rings. The smallest absolute Gasteiger partial charge is 0.0640 e. The number of nitrogens with two attached hydrogens (primary N) is 1. The summed E-state index contributed by atoms with van der Waals surface area (Å²) in [4.78, 5) is 0. The van der Waals surface area contributed by atoms with E-state index in [0.29, 0.717) is 6.61 Å². The van der Waals surface area contributed by atoms with Gasteiger partial charge in [-0.05, 0) is 18.8 Å². The van der Waals surface area contributed by atoms with Crippen molar-refractivity contribution in [3.8, 4) is 0 Å². The quantitative estimate of drug-likeness (QED) is 0.560. The fourth-order valence-electron chi connectivity index (χ4n) is 0.723. The fourth-order valence-corrected chi connectivity index (χ4v) is 0.723. The van der Waals surface area contributed by atoms with Gasteiger partial charge < -0.3 is 15.6 Å². The summed E-state index contributed by atoms with van der Waals surface area (Å²) in [5.41, 5.74) is 5.40. The molecule has 1 saturated carbocycles. The molecule has 1 fully saturated rings. The molecule has 0 spiro atoms. The van der Waals surface area contributed by atoms with Crippen LogP contribution in [0.1, 0.15) is 12.8 Å². The molecular weight excluding hydrogens is 130 g/mol. The molecule has 0 aliphatic heterocycles. The molecule has 1 unspecified atom stereocenters. The Labute approximate surface area is 61.2 Å². The van der Waals surface area contributed by atoms with Crippen LogP contribution in [0.5, 0.6) is 0 Å². The van der Waals surface area contributed by atoms with Crippen molar-refractivity contribution >= 4 is 0 Å². The Kier molecular flexibility index (Phi) is 3.12. The van der Waals surface area contributed by atoms with E-state index in [-0.39, 0.29) is 12.6 Å². The van der Waals surface area contributed by atoms with Gasteiger partial charge in [-0.3, -0.25) is 0 Å². The zero-order valence-electron chi connectivity index (χ0n) is 6.12. The van der Waals surface area contributed by atoms with E-state index in [1.165, 1.54) is 12.8 Å². The first-order valence-electron chi connectivity index (χ1n) is 3.77. The number of aliphatic hydroxyl groups excluding tert-OH is 1. The number of rotatable bonds is 5. The van der Waals surface area contributed by atoms with Crippen LogP contribution in [0.25, 0.3) is 0 Å². The molecule has 0 saturated heterocycles. The molecule has 3 heteroatoms. The second kappa shape index (κ2) is 3.91. The van der Waals surface area contributed by atoms with Crippen molar-refractivity contribution < 1.29 is 9.84 Å². The second-order valence-electron chi connectivity index (χ2n) is 2.92. The summed E-state index contributed by atoms with van der Waals surface area (Å²) in [5.74, 6) is 0.783. The molecule has 1 rings (SSSR count). The summed E-state index contributed by atoms with van der Waals surface area (Å²) in [5, 5.41) is 8.51. The van der Waals surface area contributed by atoms with Crippen LogP contribution in [0.2, 0.25) is 0 Å². The molecule has 10 heavy (non-hydrogen) atoms. The Morgan fingerprint density at radius 3 is 2.80 bits per heavy atom. The molecule has 3 N–H and O–H groups in total. The van der Waals surface area contributed by atoms with Gasteiger partial charge in [0.15, 0.2) is 0 Å². The SMILES string of the molecule is NC(CO)COCC1CC1. The highest BCUT2D eigenvalue weighted by Gasteiger charge is 2.21. The molecule has 0 aromatic rings. The van der Waals surface area contributed by atoms with Crippen molar-refractivity contribution in [1.29, 1.82) is 0 Å². The topological polar surface area (TPSA) is 55.5 Å². The van der Waals surface area contributed by atoms with Gasteiger partial charge >= 0.3 is 0 Å². The van der Waals surface area contributed by atoms with E-state index in [1.807, 2.05) is 0 Å². The average Bonchev–Trinajstić information content (AvgIpc) is 2.71. The van der Waals surface area contributed by atoms with Crippen LogP contribution in [0, 0.1) is 5.92 Å². The zero-order chi connectivity index (χ0) is 7.40. The number of hydrogen-bond acceptors (Lipinski definition) is 3. The van der Waals surface area contributed by atoms with Crippen LogP contribution >= 0.6 is 0 Å². The number of aliphatic hydroxyl groups is 1. The Balaban J connectivity index is 1.83. The van der Waals surface area contributed by atoms with Crippen LogP contribution < -0.4 is 5.73 Å². The van der Waals surface area contributed by atoms with E-state index >= 15 is 0 Å². The van der Waals surface area contributed by atoms with E-state index in [9.17, 15) is 0 Å². The molecule has 1 aliphatic carbocycles. The number of hydrogen-bond donors (Lipinski definition) is 2. The summed E-state index contributed by atoms with van der Waals surface area (Å²) >= 11 is 0. The van der Waals surface area contributed by atoms with Crippen molar-refractivity contribution in [2.24, 2.45) is 11.7 Å². The molecular formula is C7H15NO2. The van der Waals surface area contributed by atoms with Crippen LogP contribution in [-0.2, 0) is 4.74 Å². The summed E-state index contributed by atoms with van der Waals surface area (Å²) in [7, 11) is 0. The van der Waals surface area contributed by atoms with Gasteiger partial charge in [0, 0.05) is 6.61 Å². The van der Waals surface area contributed by atoms with E-state index in [4.69, 9.17) is 15.6 Å². The number of ether oxygens (including phenoxy) is 1. The lowest BCUT2D eigenvalue weighted by atomic mass is 10.4. The fraction of sp³-hybridized carbons (Fsp3) is 1.00. The molecule has 3 nitrogen and oxygen atoms in total. The van der Waals surface area contributed by atoms with Gasteiger partial charge in [0.2, 0.25) is 0 Å².